The smallest absolute Gasteiger partial charge is 0.180 e. The first kappa shape index (κ1) is 12.1. The summed E-state index contributed by atoms with van der Waals surface area (Å²) >= 11 is 3.32. The number of para-hydroxylation sites is 1. The molecule has 0 atom stereocenters. The van der Waals surface area contributed by atoms with E-state index in [2.05, 4.69) is 31.2 Å². The summed E-state index contributed by atoms with van der Waals surface area (Å²) in [4.78, 5) is 8.52. The van der Waals surface area contributed by atoms with Crippen LogP contribution in [0, 0.1) is 12.7 Å². The second-order valence-electron chi connectivity index (χ2n) is 4.13. The predicted molar refractivity (Wildman–Crippen MR) is 75.1 cm³/mol. The second-order valence-corrected chi connectivity index (χ2v) is 4.94. The van der Waals surface area contributed by atoms with Gasteiger partial charge in [-0.1, -0.05) is 12.1 Å². The highest BCUT2D eigenvalue weighted by molar-refractivity contribution is 9.10. The van der Waals surface area contributed by atoms with Crippen molar-refractivity contribution < 1.29 is 4.39 Å². The molecule has 96 valence electrons. The minimum atomic E-state index is -0.313. The molecule has 0 unspecified atom stereocenters. The number of hydrogen-bond acceptors (Lipinski definition) is 3. The van der Waals surface area contributed by atoms with Gasteiger partial charge in [-0.25, -0.2) is 14.4 Å². The standard InChI is InChI=1S/C13H10BrFN4/c1-8-3-2-4-9(15)11(8)18-12-13-16-5-6-19(13)7-10(14)17-12/h2-7H,1H3,(H,17,18). The number of halogens is 2. The van der Waals surface area contributed by atoms with Gasteiger partial charge in [-0.2, -0.15) is 0 Å². The molecule has 19 heavy (non-hydrogen) atoms. The van der Waals surface area contributed by atoms with Gasteiger partial charge in [0.25, 0.3) is 0 Å². The molecule has 0 spiro atoms. The third kappa shape index (κ3) is 2.19. The van der Waals surface area contributed by atoms with Crippen molar-refractivity contribution in [2.75, 3.05) is 5.32 Å². The number of hydrogen-bond donors (Lipinski definition) is 1. The number of imidazole rings is 1. The van der Waals surface area contributed by atoms with E-state index in [9.17, 15) is 4.39 Å². The molecule has 3 rings (SSSR count). The molecule has 3 aromatic rings. The van der Waals surface area contributed by atoms with Crippen molar-refractivity contribution in [3.05, 3.63) is 52.8 Å². The molecule has 2 aromatic heterocycles. The van der Waals surface area contributed by atoms with Gasteiger partial charge in [0.15, 0.2) is 11.5 Å². The molecular formula is C13H10BrFN4. The Hall–Kier alpha value is -1.95. The molecule has 0 aliphatic heterocycles. The minimum Gasteiger partial charge on any atom is -0.334 e. The van der Waals surface area contributed by atoms with Crippen LogP contribution in [-0.2, 0) is 0 Å². The highest BCUT2D eigenvalue weighted by Gasteiger charge is 2.11. The van der Waals surface area contributed by atoms with Crippen LogP contribution >= 0.6 is 15.9 Å². The Morgan fingerprint density at radius 1 is 1.37 bits per heavy atom. The van der Waals surface area contributed by atoms with E-state index in [1.165, 1.54) is 6.07 Å². The Morgan fingerprint density at radius 2 is 2.21 bits per heavy atom. The fourth-order valence-corrected chi connectivity index (χ4v) is 2.29. The van der Waals surface area contributed by atoms with Crippen molar-refractivity contribution in [2.24, 2.45) is 0 Å². The Kier molecular flexibility index (Phi) is 2.94. The molecular weight excluding hydrogens is 311 g/mol. The molecule has 2 heterocycles. The lowest BCUT2D eigenvalue weighted by Crippen LogP contribution is -2.02. The van der Waals surface area contributed by atoms with E-state index in [0.29, 0.717) is 21.8 Å². The highest BCUT2D eigenvalue weighted by Crippen LogP contribution is 2.25. The monoisotopic (exact) mass is 320 g/mol. The van der Waals surface area contributed by atoms with Gasteiger partial charge in [-0.05, 0) is 34.5 Å². The number of nitrogens with zero attached hydrogens (tertiary/aromatic N) is 3. The molecule has 6 heteroatoms. The van der Waals surface area contributed by atoms with Crippen LogP contribution < -0.4 is 5.32 Å². The van der Waals surface area contributed by atoms with E-state index < -0.39 is 0 Å². The van der Waals surface area contributed by atoms with Gasteiger partial charge < -0.3 is 9.72 Å². The summed E-state index contributed by atoms with van der Waals surface area (Å²) in [6, 6.07) is 4.93. The van der Waals surface area contributed by atoms with Gasteiger partial charge in [0, 0.05) is 18.6 Å². The number of fused-ring (bicyclic) bond motifs is 1. The average molecular weight is 321 g/mol. The van der Waals surface area contributed by atoms with Crippen molar-refractivity contribution in [2.45, 2.75) is 6.92 Å². The Morgan fingerprint density at radius 3 is 3.00 bits per heavy atom. The maximum Gasteiger partial charge on any atom is 0.180 e. The number of aryl methyl sites for hydroxylation is 1. The summed E-state index contributed by atoms with van der Waals surface area (Å²) in [5, 5.41) is 3.01. The summed E-state index contributed by atoms with van der Waals surface area (Å²) in [6.45, 7) is 1.84. The van der Waals surface area contributed by atoms with Gasteiger partial charge in [-0.3, -0.25) is 0 Å². The molecule has 1 N–H and O–H groups in total. The second kappa shape index (κ2) is 4.62. The summed E-state index contributed by atoms with van der Waals surface area (Å²) in [5.74, 6) is 0.194. The van der Waals surface area contributed by atoms with Crippen LogP contribution in [0.1, 0.15) is 5.56 Å². The molecule has 0 aliphatic carbocycles. The summed E-state index contributed by atoms with van der Waals surface area (Å²) in [6.07, 6.45) is 5.27. The van der Waals surface area contributed by atoms with E-state index in [4.69, 9.17) is 0 Å². The Bertz CT molecular complexity index is 733. The first-order valence-corrected chi connectivity index (χ1v) is 6.46. The van der Waals surface area contributed by atoms with Crippen LogP contribution in [0.4, 0.5) is 15.9 Å². The molecule has 0 amide bonds. The molecule has 0 radical (unpaired) electrons. The third-order valence-corrected chi connectivity index (χ3v) is 3.19. The lowest BCUT2D eigenvalue weighted by molar-refractivity contribution is 0.631. The van der Waals surface area contributed by atoms with E-state index in [1.54, 1.807) is 24.7 Å². The normalized spacial score (nSPS) is 10.9. The Labute approximate surface area is 117 Å². The summed E-state index contributed by atoms with van der Waals surface area (Å²) in [7, 11) is 0. The van der Waals surface area contributed by atoms with Gasteiger partial charge >= 0.3 is 0 Å². The van der Waals surface area contributed by atoms with E-state index >= 15 is 0 Å². The molecule has 0 fully saturated rings. The van der Waals surface area contributed by atoms with Crippen molar-refractivity contribution in [1.29, 1.82) is 0 Å². The SMILES string of the molecule is Cc1cccc(F)c1Nc1nc(Br)cn2ccnc12. The van der Waals surface area contributed by atoms with Crippen LogP contribution in [0.15, 0.2) is 41.4 Å². The topological polar surface area (TPSA) is 42.2 Å². The van der Waals surface area contributed by atoms with E-state index in [0.717, 1.165) is 5.56 Å². The van der Waals surface area contributed by atoms with Gasteiger partial charge in [-0.15, -0.1) is 0 Å². The van der Waals surface area contributed by atoms with Crippen molar-refractivity contribution in [3.8, 4) is 0 Å². The number of benzene rings is 1. The van der Waals surface area contributed by atoms with Crippen LogP contribution in [0.5, 0.6) is 0 Å². The van der Waals surface area contributed by atoms with Crippen molar-refractivity contribution in [3.63, 3.8) is 0 Å². The van der Waals surface area contributed by atoms with Gasteiger partial charge in [0.05, 0.1) is 5.69 Å². The summed E-state index contributed by atoms with van der Waals surface area (Å²) < 4.78 is 16.3. The molecule has 0 saturated carbocycles. The Balaban J connectivity index is 2.13. The number of aromatic nitrogens is 3. The van der Waals surface area contributed by atoms with Crippen molar-refractivity contribution >= 4 is 33.1 Å². The van der Waals surface area contributed by atoms with Gasteiger partial charge in [0.1, 0.15) is 10.4 Å². The number of rotatable bonds is 2. The fraction of sp³-hybridized carbons (Fsp3) is 0.0769. The number of nitrogens with one attached hydrogen (secondary N) is 1. The van der Waals surface area contributed by atoms with Crippen molar-refractivity contribution in [1.82, 2.24) is 14.4 Å². The molecule has 0 saturated heterocycles. The highest BCUT2D eigenvalue weighted by atomic mass is 79.9. The lowest BCUT2D eigenvalue weighted by atomic mass is 10.2. The maximum absolute atomic E-state index is 13.8. The molecule has 1 aromatic carbocycles. The fourth-order valence-electron chi connectivity index (χ4n) is 1.89. The quantitative estimate of drug-likeness (QED) is 0.783. The first-order valence-electron chi connectivity index (χ1n) is 5.66. The molecule has 0 bridgehead atoms. The zero-order chi connectivity index (χ0) is 13.4. The van der Waals surface area contributed by atoms with E-state index in [-0.39, 0.29) is 5.82 Å². The summed E-state index contributed by atoms with van der Waals surface area (Å²) in [5.41, 5.74) is 1.87. The third-order valence-electron chi connectivity index (χ3n) is 2.81. The minimum absolute atomic E-state index is 0.313. The van der Waals surface area contributed by atoms with Crippen LogP contribution in [0.3, 0.4) is 0 Å². The van der Waals surface area contributed by atoms with Crippen LogP contribution in [0.2, 0.25) is 0 Å². The number of anilines is 2. The first-order chi connectivity index (χ1) is 9.15. The molecule has 4 nitrogen and oxygen atoms in total. The van der Waals surface area contributed by atoms with E-state index in [1.807, 2.05) is 17.4 Å². The largest absolute Gasteiger partial charge is 0.334 e. The maximum atomic E-state index is 13.8. The van der Waals surface area contributed by atoms with Crippen LogP contribution in [-0.4, -0.2) is 14.4 Å². The average Bonchev–Trinajstić information content (AvgIpc) is 2.81. The zero-order valence-corrected chi connectivity index (χ0v) is 11.6. The lowest BCUT2D eigenvalue weighted by Gasteiger charge is -2.11. The predicted octanol–water partition coefficient (Wildman–Crippen LogP) is 3.68. The zero-order valence-electron chi connectivity index (χ0n) is 10.1. The molecule has 0 aliphatic rings. The van der Waals surface area contributed by atoms with Crippen LogP contribution in [0.25, 0.3) is 5.65 Å². The van der Waals surface area contributed by atoms with Gasteiger partial charge in [0.2, 0.25) is 0 Å².